The number of rotatable bonds is 1. The van der Waals surface area contributed by atoms with Crippen molar-refractivity contribution in [2.75, 3.05) is 0 Å². The maximum atomic E-state index is 4.47. The molecule has 7 rings (SSSR count). The molecule has 4 aromatic carbocycles. The Labute approximate surface area is 185 Å². The quantitative estimate of drug-likeness (QED) is 0.313. The lowest BCUT2D eigenvalue weighted by molar-refractivity contribution is 0.667. The van der Waals surface area contributed by atoms with Crippen molar-refractivity contribution in [3.8, 4) is 17.1 Å². The van der Waals surface area contributed by atoms with Crippen LogP contribution in [0.2, 0.25) is 0 Å². The van der Waals surface area contributed by atoms with Crippen LogP contribution in [0, 0.1) is 0 Å². The van der Waals surface area contributed by atoms with Crippen molar-refractivity contribution in [1.29, 1.82) is 0 Å². The largest absolute Gasteiger partial charge is 0.278 e. The van der Waals surface area contributed by atoms with E-state index in [-0.39, 0.29) is 5.41 Å². The van der Waals surface area contributed by atoms with E-state index in [4.69, 9.17) is 0 Å². The third kappa shape index (κ3) is 2.14. The maximum absolute atomic E-state index is 4.47. The zero-order valence-corrected chi connectivity index (χ0v) is 17.9. The summed E-state index contributed by atoms with van der Waals surface area (Å²) in [5, 5.41) is 5.06. The summed E-state index contributed by atoms with van der Waals surface area (Å²) in [6.07, 6.45) is 3.11. The van der Waals surface area contributed by atoms with E-state index in [9.17, 15) is 0 Å². The zero-order valence-electron chi connectivity index (χ0n) is 17.9. The second-order valence-corrected chi connectivity index (χ2v) is 9.04. The van der Waals surface area contributed by atoms with Crippen LogP contribution in [0.4, 0.5) is 0 Å². The molecule has 0 amide bonds. The molecule has 0 atom stereocenters. The van der Waals surface area contributed by atoms with Gasteiger partial charge in [-0.3, -0.25) is 4.57 Å². The fraction of sp³-hybridized carbons (Fsp3) is 0.107. The van der Waals surface area contributed by atoms with E-state index in [2.05, 4.69) is 106 Å². The van der Waals surface area contributed by atoms with Crippen molar-refractivity contribution in [3.05, 3.63) is 96.6 Å². The van der Waals surface area contributed by atoms with Crippen molar-refractivity contribution < 1.29 is 0 Å². The highest BCUT2D eigenvalue weighted by Crippen LogP contribution is 2.53. The summed E-state index contributed by atoms with van der Waals surface area (Å²) in [6, 6.07) is 26.4. The summed E-state index contributed by atoms with van der Waals surface area (Å²) >= 11 is 0. The van der Waals surface area contributed by atoms with Crippen molar-refractivity contribution >= 4 is 32.6 Å². The molecule has 32 heavy (non-hydrogen) atoms. The van der Waals surface area contributed by atoms with Crippen LogP contribution in [-0.4, -0.2) is 19.5 Å². The highest BCUT2D eigenvalue weighted by molar-refractivity contribution is 6.12. The number of benzene rings is 4. The van der Waals surface area contributed by atoms with Gasteiger partial charge in [0, 0.05) is 16.2 Å². The minimum atomic E-state index is -0.0872. The average Bonchev–Trinajstić information content (AvgIpc) is 3.27. The minimum absolute atomic E-state index is 0.0872. The van der Waals surface area contributed by atoms with E-state index in [1.165, 1.54) is 43.8 Å². The summed E-state index contributed by atoms with van der Waals surface area (Å²) in [4.78, 5) is 13.0. The van der Waals surface area contributed by atoms with Gasteiger partial charge in [-0.1, -0.05) is 68.4 Å². The molecule has 0 saturated heterocycles. The summed E-state index contributed by atoms with van der Waals surface area (Å²) in [6.45, 7) is 4.70. The molecule has 4 nitrogen and oxygen atoms in total. The van der Waals surface area contributed by atoms with Crippen LogP contribution in [-0.2, 0) is 5.41 Å². The van der Waals surface area contributed by atoms with Crippen molar-refractivity contribution in [2.24, 2.45) is 0 Å². The molecule has 0 saturated carbocycles. The van der Waals surface area contributed by atoms with Gasteiger partial charge >= 0.3 is 0 Å². The Morgan fingerprint density at radius 2 is 1.44 bits per heavy atom. The third-order valence-corrected chi connectivity index (χ3v) is 7.01. The summed E-state index contributed by atoms with van der Waals surface area (Å²) in [5.74, 6) is 0.641. The Kier molecular flexibility index (Phi) is 3.31. The van der Waals surface area contributed by atoms with E-state index in [1.54, 1.807) is 12.7 Å². The molecule has 2 heterocycles. The monoisotopic (exact) mass is 412 g/mol. The van der Waals surface area contributed by atoms with E-state index in [1.807, 2.05) is 0 Å². The van der Waals surface area contributed by atoms with Gasteiger partial charge in [0.2, 0.25) is 5.95 Å². The SMILES string of the molecule is CC1(C)c2cc3c4ccccc4n(-c4ncncn4)c3cc2-c2ccc3ccccc3c21. The van der Waals surface area contributed by atoms with Crippen LogP contribution < -0.4 is 0 Å². The molecule has 1 aliphatic carbocycles. The van der Waals surface area contributed by atoms with Gasteiger partial charge in [0.15, 0.2) is 0 Å². The standard InChI is InChI=1S/C28H20N4/c1-28(2)23-13-22-19-9-5-6-10-24(19)32(27-30-15-29-16-31-27)25(22)14-21(23)20-12-11-17-7-3-4-8-18(17)26(20)28/h3-16H,1-2H3. The highest BCUT2D eigenvalue weighted by atomic mass is 15.2. The van der Waals surface area contributed by atoms with Gasteiger partial charge in [-0.2, -0.15) is 0 Å². The summed E-state index contributed by atoms with van der Waals surface area (Å²) in [5.41, 5.74) is 7.53. The predicted molar refractivity (Wildman–Crippen MR) is 129 cm³/mol. The number of hydrogen-bond donors (Lipinski definition) is 0. The van der Waals surface area contributed by atoms with Crippen molar-refractivity contribution in [1.82, 2.24) is 19.5 Å². The van der Waals surface area contributed by atoms with Gasteiger partial charge in [-0.25, -0.2) is 15.0 Å². The Hall–Kier alpha value is -4.05. The van der Waals surface area contributed by atoms with Gasteiger partial charge in [0.25, 0.3) is 0 Å². The second kappa shape index (κ2) is 6.01. The maximum Gasteiger partial charge on any atom is 0.237 e. The molecule has 2 aromatic heterocycles. The first-order chi connectivity index (χ1) is 15.6. The summed E-state index contributed by atoms with van der Waals surface area (Å²) < 4.78 is 2.15. The van der Waals surface area contributed by atoms with Gasteiger partial charge in [0.1, 0.15) is 12.7 Å². The summed E-state index contributed by atoms with van der Waals surface area (Å²) in [7, 11) is 0. The predicted octanol–water partition coefficient (Wildman–Crippen LogP) is 6.43. The molecule has 0 unspecified atom stereocenters. The molecule has 0 radical (unpaired) electrons. The first kappa shape index (κ1) is 17.6. The fourth-order valence-electron chi connectivity index (χ4n) is 5.62. The van der Waals surface area contributed by atoms with Crippen LogP contribution in [0.15, 0.2) is 85.5 Å². The van der Waals surface area contributed by atoms with E-state index in [0.29, 0.717) is 5.95 Å². The fourth-order valence-corrected chi connectivity index (χ4v) is 5.62. The van der Waals surface area contributed by atoms with E-state index in [0.717, 1.165) is 11.0 Å². The molecule has 0 aliphatic heterocycles. The molecule has 1 aliphatic rings. The van der Waals surface area contributed by atoms with E-state index >= 15 is 0 Å². The molecular weight excluding hydrogens is 392 g/mol. The lowest BCUT2D eigenvalue weighted by Crippen LogP contribution is -2.15. The Bertz CT molecular complexity index is 1690. The van der Waals surface area contributed by atoms with Gasteiger partial charge in [0.05, 0.1) is 11.0 Å². The van der Waals surface area contributed by atoms with E-state index < -0.39 is 0 Å². The first-order valence-corrected chi connectivity index (χ1v) is 10.9. The topological polar surface area (TPSA) is 43.6 Å². The first-order valence-electron chi connectivity index (χ1n) is 10.9. The van der Waals surface area contributed by atoms with Crippen molar-refractivity contribution in [2.45, 2.75) is 19.3 Å². The molecular formula is C28H20N4. The lowest BCUT2D eigenvalue weighted by Gasteiger charge is -2.23. The Morgan fingerprint density at radius 3 is 2.28 bits per heavy atom. The van der Waals surface area contributed by atoms with Gasteiger partial charge in [-0.15, -0.1) is 0 Å². The van der Waals surface area contributed by atoms with Crippen LogP contribution in [0.25, 0.3) is 49.7 Å². The molecule has 0 spiro atoms. The number of aromatic nitrogens is 4. The number of para-hydroxylation sites is 1. The molecule has 0 fully saturated rings. The van der Waals surface area contributed by atoms with Gasteiger partial charge < -0.3 is 0 Å². The number of fused-ring (bicyclic) bond motifs is 8. The molecule has 6 aromatic rings. The molecule has 0 N–H and O–H groups in total. The molecule has 152 valence electrons. The van der Waals surface area contributed by atoms with Crippen LogP contribution in [0.1, 0.15) is 25.0 Å². The third-order valence-electron chi connectivity index (χ3n) is 7.01. The normalized spacial score (nSPS) is 14.2. The number of hydrogen-bond acceptors (Lipinski definition) is 3. The van der Waals surface area contributed by atoms with Gasteiger partial charge in [-0.05, 0) is 51.2 Å². The van der Waals surface area contributed by atoms with Crippen LogP contribution in [0.3, 0.4) is 0 Å². The minimum Gasteiger partial charge on any atom is -0.278 e. The van der Waals surface area contributed by atoms with Crippen molar-refractivity contribution in [3.63, 3.8) is 0 Å². The Morgan fingerprint density at radius 1 is 0.688 bits per heavy atom. The smallest absolute Gasteiger partial charge is 0.237 e. The van der Waals surface area contributed by atoms with Crippen LogP contribution in [0.5, 0.6) is 0 Å². The molecule has 0 bridgehead atoms. The second-order valence-electron chi connectivity index (χ2n) is 9.04. The average molecular weight is 412 g/mol. The van der Waals surface area contributed by atoms with Crippen LogP contribution >= 0.6 is 0 Å². The Balaban J connectivity index is 1.64. The zero-order chi connectivity index (χ0) is 21.4. The lowest BCUT2D eigenvalue weighted by atomic mass is 9.80. The number of nitrogens with zero attached hydrogens (tertiary/aromatic N) is 4. The molecule has 4 heteroatoms. The highest BCUT2D eigenvalue weighted by Gasteiger charge is 2.37.